The molecule has 144 valence electrons. The molecule has 26 heavy (non-hydrogen) atoms. The zero-order valence-electron chi connectivity index (χ0n) is 16.1. The number of hydrogen-bond donors (Lipinski definition) is 1. The molecule has 2 fully saturated rings. The van der Waals surface area contributed by atoms with Gasteiger partial charge in [0.1, 0.15) is 5.82 Å². The van der Waals surface area contributed by atoms with Crippen LogP contribution in [0, 0.1) is 11.8 Å². The van der Waals surface area contributed by atoms with Crippen LogP contribution in [0.25, 0.3) is 0 Å². The second-order valence-corrected chi connectivity index (χ2v) is 8.51. The van der Waals surface area contributed by atoms with E-state index >= 15 is 0 Å². The van der Waals surface area contributed by atoms with Crippen LogP contribution in [0.1, 0.15) is 46.5 Å². The van der Waals surface area contributed by atoms with Crippen molar-refractivity contribution in [2.24, 2.45) is 11.8 Å². The maximum absolute atomic E-state index is 12.8. The molecule has 1 atom stereocenters. The molecule has 6 heteroatoms. The van der Waals surface area contributed by atoms with Crippen molar-refractivity contribution in [3.05, 3.63) is 23.4 Å². The summed E-state index contributed by atoms with van der Waals surface area (Å²) < 4.78 is 0. The van der Waals surface area contributed by atoms with Crippen molar-refractivity contribution < 1.29 is 4.79 Å². The molecule has 1 N–H and O–H groups in total. The number of carbonyl (C=O) groups is 1. The van der Waals surface area contributed by atoms with E-state index in [1.54, 1.807) is 6.20 Å². The zero-order chi connectivity index (χ0) is 18.7. The maximum atomic E-state index is 12.8. The van der Waals surface area contributed by atoms with Gasteiger partial charge in [-0.05, 0) is 56.6 Å². The summed E-state index contributed by atoms with van der Waals surface area (Å²) in [4.78, 5) is 21.3. The molecule has 2 amide bonds. The Hall–Kier alpha value is -1.49. The standard InChI is InChI=1S/C20H31ClN4O/c1-14(2)16-6-8-17(9-7-16)23-20(26)25-12-11-24(13-15(25)3)19-18(21)5-4-10-22-19/h4-5,10,14-17H,6-9,11-13H2,1-3H3,(H,23,26). The molecule has 5 nitrogen and oxygen atoms in total. The van der Waals surface area contributed by atoms with Crippen molar-refractivity contribution >= 4 is 23.4 Å². The van der Waals surface area contributed by atoms with Gasteiger partial charge in [-0.25, -0.2) is 9.78 Å². The maximum Gasteiger partial charge on any atom is 0.317 e. The number of rotatable bonds is 3. The molecular weight excluding hydrogens is 348 g/mol. The molecular formula is C20H31ClN4O. The summed E-state index contributed by atoms with van der Waals surface area (Å²) in [5.74, 6) is 2.37. The molecule has 1 aromatic heterocycles. The van der Waals surface area contributed by atoms with E-state index in [1.165, 1.54) is 12.8 Å². The number of pyridine rings is 1. The summed E-state index contributed by atoms with van der Waals surface area (Å²) in [6.07, 6.45) is 6.42. The summed E-state index contributed by atoms with van der Waals surface area (Å²) in [5.41, 5.74) is 0. The molecule has 1 saturated heterocycles. The van der Waals surface area contributed by atoms with Crippen molar-refractivity contribution in [2.75, 3.05) is 24.5 Å². The number of carbonyl (C=O) groups excluding carboxylic acids is 1. The number of halogens is 1. The van der Waals surface area contributed by atoms with Gasteiger partial charge in [0.2, 0.25) is 0 Å². The number of urea groups is 1. The third-order valence-electron chi connectivity index (χ3n) is 5.97. The third-order valence-corrected chi connectivity index (χ3v) is 6.26. The molecule has 0 aromatic carbocycles. The summed E-state index contributed by atoms with van der Waals surface area (Å²) in [6, 6.07) is 4.24. The smallest absolute Gasteiger partial charge is 0.317 e. The average Bonchev–Trinajstić information content (AvgIpc) is 2.62. The summed E-state index contributed by atoms with van der Waals surface area (Å²) in [5, 5.41) is 3.94. The van der Waals surface area contributed by atoms with Crippen molar-refractivity contribution in [1.82, 2.24) is 15.2 Å². The van der Waals surface area contributed by atoms with E-state index in [2.05, 4.69) is 36.0 Å². The van der Waals surface area contributed by atoms with Crippen molar-refractivity contribution in [1.29, 1.82) is 0 Å². The predicted molar refractivity (Wildman–Crippen MR) is 107 cm³/mol. The van der Waals surface area contributed by atoms with Crippen molar-refractivity contribution in [2.45, 2.75) is 58.5 Å². The Labute approximate surface area is 162 Å². The van der Waals surface area contributed by atoms with Gasteiger partial charge >= 0.3 is 6.03 Å². The summed E-state index contributed by atoms with van der Waals surface area (Å²) >= 11 is 6.27. The second-order valence-electron chi connectivity index (χ2n) is 8.10. The van der Waals surface area contributed by atoms with E-state index in [4.69, 9.17) is 11.6 Å². The van der Waals surface area contributed by atoms with Gasteiger partial charge in [0, 0.05) is 37.9 Å². The first-order chi connectivity index (χ1) is 12.5. The van der Waals surface area contributed by atoms with E-state index in [9.17, 15) is 4.79 Å². The van der Waals surface area contributed by atoms with E-state index < -0.39 is 0 Å². The fourth-order valence-corrected chi connectivity index (χ4v) is 4.49. The van der Waals surface area contributed by atoms with Crippen LogP contribution in [0.3, 0.4) is 0 Å². The Morgan fingerprint density at radius 3 is 2.62 bits per heavy atom. The number of piperazine rings is 1. The number of amides is 2. The Morgan fingerprint density at radius 2 is 2.00 bits per heavy atom. The first-order valence-corrected chi connectivity index (χ1v) is 10.3. The van der Waals surface area contributed by atoms with Gasteiger partial charge in [-0.2, -0.15) is 0 Å². The van der Waals surface area contributed by atoms with Gasteiger partial charge in [0.25, 0.3) is 0 Å². The molecule has 0 spiro atoms. The monoisotopic (exact) mass is 378 g/mol. The second kappa shape index (κ2) is 8.47. The number of anilines is 1. The van der Waals surface area contributed by atoms with Crippen LogP contribution in [-0.4, -0.2) is 47.6 Å². The van der Waals surface area contributed by atoms with Crippen molar-refractivity contribution in [3.63, 3.8) is 0 Å². The molecule has 0 radical (unpaired) electrons. The van der Waals surface area contributed by atoms with Crippen molar-refractivity contribution in [3.8, 4) is 0 Å². The number of nitrogens with one attached hydrogen (secondary N) is 1. The highest BCUT2D eigenvalue weighted by Gasteiger charge is 2.31. The van der Waals surface area contributed by atoms with E-state index in [0.29, 0.717) is 17.6 Å². The summed E-state index contributed by atoms with van der Waals surface area (Å²) in [6.45, 7) is 8.91. The quantitative estimate of drug-likeness (QED) is 0.858. The Kier molecular flexibility index (Phi) is 6.28. The van der Waals surface area contributed by atoms with Crippen LogP contribution in [0.4, 0.5) is 10.6 Å². The van der Waals surface area contributed by atoms with Gasteiger partial charge in [-0.1, -0.05) is 25.4 Å². The fourth-order valence-electron chi connectivity index (χ4n) is 4.25. The highest BCUT2D eigenvalue weighted by atomic mass is 35.5. The lowest BCUT2D eigenvalue weighted by atomic mass is 9.80. The fraction of sp³-hybridized carbons (Fsp3) is 0.700. The van der Waals surface area contributed by atoms with Crippen LogP contribution >= 0.6 is 11.6 Å². The molecule has 2 heterocycles. The minimum atomic E-state index is 0.0808. The minimum absolute atomic E-state index is 0.0808. The van der Waals surface area contributed by atoms with E-state index in [0.717, 1.165) is 43.6 Å². The zero-order valence-corrected chi connectivity index (χ0v) is 16.9. The average molecular weight is 379 g/mol. The lowest BCUT2D eigenvalue weighted by Crippen LogP contribution is -2.58. The van der Waals surface area contributed by atoms with Gasteiger partial charge in [0.05, 0.1) is 5.02 Å². The predicted octanol–water partition coefficient (Wildman–Crippen LogP) is 4.17. The largest absolute Gasteiger partial charge is 0.352 e. The van der Waals surface area contributed by atoms with Crippen LogP contribution in [-0.2, 0) is 0 Å². The highest BCUT2D eigenvalue weighted by Crippen LogP contribution is 2.30. The van der Waals surface area contributed by atoms with Crippen LogP contribution in [0.2, 0.25) is 5.02 Å². The summed E-state index contributed by atoms with van der Waals surface area (Å²) in [7, 11) is 0. The molecule has 0 bridgehead atoms. The van der Waals surface area contributed by atoms with Gasteiger partial charge in [0.15, 0.2) is 0 Å². The first kappa shape index (κ1) is 19.3. The lowest BCUT2D eigenvalue weighted by molar-refractivity contribution is 0.160. The van der Waals surface area contributed by atoms with Crippen LogP contribution in [0.15, 0.2) is 18.3 Å². The highest BCUT2D eigenvalue weighted by molar-refractivity contribution is 6.32. The Morgan fingerprint density at radius 1 is 1.27 bits per heavy atom. The molecule has 1 aromatic rings. The van der Waals surface area contributed by atoms with Gasteiger partial charge < -0.3 is 15.1 Å². The Bertz CT molecular complexity index is 616. The van der Waals surface area contributed by atoms with E-state index in [1.807, 2.05) is 17.0 Å². The normalized spacial score (nSPS) is 26.9. The number of hydrogen-bond acceptors (Lipinski definition) is 3. The molecule has 3 rings (SSSR count). The molecule has 1 aliphatic heterocycles. The molecule has 1 saturated carbocycles. The number of aromatic nitrogens is 1. The molecule has 1 unspecified atom stereocenters. The Balaban J connectivity index is 1.51. The third kappa shape index (κ3) is 4.43. The SMILES string of the molecule is CC(C)C1CCC(NC(=O)N2CCN(c3ncccc3Cl)CC2C)CC1. The first-order valence-electron chi connectivity index (χ1n) is 9.88. The molecule has 2 aliphatic rings. The minimum Gasteiger partial charge on any atom is -0.352 e. The van der Waals surface area contributed by atoms with E-state index in [-0.39, 0.29) is 12.1 Å². The number of nitrogens with zero attached hydrogens (tertiary/aromatic N) is 3. The van der Waals surface area contributed by atoms with Gasteiger partial charge in [-0.15, -0.1) is 0 Å². The van der Waals surface area contributed by atoms with Gasteiger partial charge in [-0.3, -0.25) is 0 Å². The lowest BCUT2D eigenvalue weighted by Gasteiger charge is -2.41. The topological polar surface area (TPSA) is 48.5 Å². The van der Waals surface area contributed by atoms with Crippen LogP contribution < -0.4 is 10.2 Å². The van der Waals surface area contributed by atoms with Crippen LogP contribution in [0.5, 0.6) is 0 Å². The molecule has 1 aliphatic carbocycles.